The van der Waals surface area contributed by atoms with Gasteiger partial charge in [-0.25, -0.2) is 4.79 Å². The first-order valence-electron chi connectivity index (χ1n) is 8.33. The number of aromatic nitrogens is 1. The number of carboxylic acid groups (broad SMARTS) is 1. The fourth-order valence-corrected chi connectivity index (χ4v) is 3.19. The molecule has 1 fully saturated rings. The molecular weight excluding hydrogens is 320 g/mol. The van der Waals surface area contributed by atoms with Crippen LogP contribution in [0.2, 0.25) is 0 Å². The summed E-state index contributed by atoms with van der Waals surface area (Å²) in [6.07, 6.45) is 4.08. The van der Waals surface area contributed by atoms with Gasteiger partial charge in [0.25, 0.3) is 0 Å². The number of hydrogen-bond acceptors (Lipinski definition) is 5. The summed E-state index contributed by atoms with van der Waals surface area (Å²) in [5.74, 6) is -0.223. The quantitative estimate of drug-likeness (QED) is 0.795. The molecule has 0 radical (unpaired) electrons. The summed E-state index contributed by atoms with van der Waals surface area (Å²) < 4.78 is 5.13. The number of β-amino-alcohol motifs (C(OH)–C–C–N with tert-alkyl or cyclic N) is 1. The van der Waals surface area contributed by atoms with Crippen LogP contribution in [-0.4, -0.2) is 51.9 Å². The largest absolute Gasteiger partial charge is 0.482 e. The van der Waals surface area contributed by atoms with E-state index < -0.39 is 5.97 Å². The summed E-state index contributed by atoms with van der Waals surface area (Å²) in [5, 5.41) is 18.9. The van der Waals surface area contributed by atoms with E-state index in [1.165, 1.54) is 5.56 Å². The van der Waals surface area contributed by atoms with Gasteiger partial charge in [-0.2, -0.15) is 0 Å². The van der Waals surface area contributed by atoms with Crippen LogP contribution in [0.3, 0.4) is 0 Å². The molecule has 0 spiro atoms. The molecule has 132 valence electrons. The van der Waals surface area contributed by atoms with Gasteiger partial charge in [-0.15, -0.1) is 0 Å². The first-order chi connectivity index (χ1) is 12.1. The number of rotatable bonds is 7. The van der Waals surface area contributed by atoms with Crippen molar-refractivity contribution in [3.05, 3.63) is 59.9 Å². The standard InChI is InChI=1S/C19H22N2O4/c22-18-12-21(11-16(18)9-14-5-7-20-8-6-14)10-15-1-3-17(4-2-15)25-13-19(23)24/h1-8,16,18,22H,9-13H2,(H,23,24)/t16-,18-/m1/s1. The fourth-order valence-electron chi connectivity index (χ4n) is 3.19. The van der Waals surface area contributed by atoms with Gasteiger partial charge in [0.05, 0.1) is 6.10 Å². The summed E-state index contributed by atoms with van der Waals surface area (Å²) in [6, 6.07) is 11.4. The number of likely N-dealkylation sites (tertiary alicyclic amines) is 1. The van der Waals surface area contributed by atoms with E-state index in [0.29, 0.717) is 12.3 Å². The molecule has 0 unspecified atom stereocenters. The van der Waals surface area contributed by atoms with E-state index in [-0.39, 0.29) is 18.6 Å². The second-order valence-electron chi connectivity index (χ2n) is 6.41. The van der Waals surface area contributed by atoms with Crippen molar-refractivity contribution in [3.8, 4) is 5.75 Å². The number of hydrogen-bond donors (Lipinski definition) is 2. The van der Waals surface area contributed by atoms with Crippen LogP contribution in [0.4, 0.5) is 0 Å². The highest BCUT2D eigenvalue weighted by atomic mass is 16.5. The molecule has 25 heavy (non-hydrogen) atoms. The van der Waals surface area contributed by atoms with Gasteiger partial charge >= 0.3 is 5.97 Å². The molecule has 0 bridgehead atoms. The fraction of sp³-hybridized carbons (Fsp3) is 0.368. The third kappa shape index (κ3) is 5.01. The van der Waals surface area contributed by atoms with E-state index in [4.69, 9.17) is 9.84 Å². The van der Waals surface area contributed by atoms with Crippen LogP contribution in [0.15, 0.2) is 48.8 Å². The molecule has 6 heteroatoms. The highest BCUT2D eigenvalue weighted by Gasteiger charge is 2.31. The van der Waals surface area contributed by atoms with Gasteiger partial charge in [0.1, 0.15) is 5.75 Å². The van der Waals surface area contributed by atoms with Crippen LogP contribution in [0.1, 0.15) is 11.1 Å². The van der Waals surface area contributed by atoms with Crippen molar-refractivity contribution in [1.29, 1.82) is 0 Å². The number of aliphatic carboxylic acids is 1. The number of aliphatic hydroxyl groups is 1. The average molecular weight is 342 g/mol. The molecule has 0 aliphatic carbocycles. The van der Waals surface area contributed by atoms with Gasteiger partial charge < -0.3 is 14.9 Å². The van der Waals surface area contributed by atoms with E-state index in [1.807, 2.05) is 24.3 Å². The zero-order valence-electron chi connectivity index (χ0n) is 13.9. The van der Waals surface area contributed by atoms with Gasteiger partial charge in [0, 0.05) is 37.9 Å². The number of carbonyl (C=O) groups is 1. The number of benzene rings is 1. The van der Waals surface area contributed by atoms with E-state index in [0.717, 1.165) is 25.1 Å². The van der Waals surface area contributed by atoms with Gasteiger partial charge in [0.2, 0.25) is 0 Å². The van der Waals surface area contributed by atoms with Gasteiger partial charge in [-0.05, 0) is 41.8 Å². The molecule has 1 aliphatic heterocycles. The molecule has 0 amide bonds. The van der Waals surface area contributed by atoms with Crippen molar-refractivity contribution in [2.24, 2.45) is 5.92 Å². The molecule has 1 aromatic carbocycles. The van der Waals surface area contributed by atoms with Crippen molar-refractivity contribution in [1.82, 2.24) is 9.88 Å². The van der Waals surface area contributed by atoms with E-state index in [9.17, 15) is 9.90 Å². The molecule has 3 rings (SSSR count). The number of nitrogens with zero attached hydrogens (tertiary/aromatic N) is 2. The highest BCUT2D eigenvalue weighted by molar-refractivity contribution is 5.68. The minimum Gasteiger partial charge on any atom is -0.482 e. The molecule has 1 aliphatic rings. The second-order valence-corrected chi connectivity index (χ2v) is 6.41. The van der Waals surface area contributed by atoms with Crippen molar-refractivity contribution in [3.63, 3.8) is 0 Å². The lowest BCUT2D eigenvalue weighted by Gasteiger charge is -2.16. The molecule has 2 heterocycles. The lowest BCUT2D eigenvalue weighted by atomic mass is 9.97. The molecule has 1 saturated heterocycles. The Morgan fingerprint density at radius 3 is 2.52 bits per heavy atom. The first-order valence-corrected chi connectivity index (χ1v) is 8.33. The summed E-state index contributed by atoms with van der Waals surface area (Å²) in [6.45, 7) is 1.92. The maximum Gasteiger partial charge on any atom is 0.341 e. The highest BCUT2D eigenvalue weighted by Crippen LogP contribution is 2.23. The Labute approximate surface area is 146 Å². The maximum atomic E-state index is 10.5. The normalized spacial score (nSPS) is 20.5. The lowest BCUT2D eigenvalue weighted by molar-refractivity contribution is -0.139. The maximum absolute atomic E-state index is 10.5. The molecule has 1 aromatic heterocycles. The van der Waals surface area contributed by atoms with Crippen LogP contribution >= 0.6 is 0 Å². The minimum atomic E-state index is -0.990. The topological polar surface area (TPSA) is 82.9 Å². The molecular formula is C19H22N2O4. The molecule has 2 atom stereocenters. The number of aliphatic hydroxyl groups excluding tert-OH is 1. The summed E-state index contributed by atoms with van der Waals surface area (Å²) in [7, 11) is 0. The van der Waals surface area contributed by atoms with E-state index in [1.54, 1.807) is 24.5 Å². The van der Waals surface area contributed by atoms with E-state index >= 15 is 0 Å². The molecule has 2 aromatic rings. The predicted octanol–water partition coefficient (Wildman–Crippen LogP) is 1.58. The summed E-state index contributed by atoms with van der Waals surface area (Å²) in [4.78, 5) is 16.8. The van der Waals surface area contributed by atoms with Gasteiger partial charge in [-0.1, -0.05) is 12.1 Å². The lowest BCUT2D eigenvalue weighted by Crippen LogP contribution is -2.21. The van der Waals surface area contributed by atoms with Gasteiger partial charge in [-0.3, -0.25) is 9.88 Å². The smallest absolute Gasteiger partial charge is 0.341 e. The minimum absolute atomic E-state index is 0.223. The predicted molar refractivity (Wildman–Crippen MR) is 92.3 cm³/mol. The molecule has 2 N–H and O–H groups in total. The Bertz CT molecular complexity index is 690. The SMILES string of the molecule is O=C(O)COc1ccc(CN2C[C@@H](Cc3ccncc3)[C@H](O)C2)cc1. The van der Waals surface area contributed by atoms with Crippen molar-refractivity contribution < 1.29 is 19.7 Å². The third-order valence-corrected chi connectivity index (χ3v) is 4.42. The average Bonchev–Trinajstić information content (AvgIpc) is 2.94. The Morgan fingerprint density at radius 1 is 1.12 bits per heavy atom. The number of pyridine rings is 1. The van der Waals surface area contributed by atoms with Crippen LogP contribution in [0.5, 0.6) is 5.75 Å². The Hall–Kier alpha value is -2.44. The Morgan fingerprint density at radius 2 is 1.84 bits per heavy atom. The summed E-state index contributed by atoms with van der Waals surface area (Å²) >= 11 is 0. The number of ether oxygens (including phenoxy) is 1. The van der Waals surface area contributed by atoms with Crippen molar-refractivity contribution in [2.45, 2.75) is 19.1 Å². The van der Waals surface area contributed by atoms with E-state index in [2.05, 4.69) is 9.88 Å². The molecule has 6 nitrogen and oxygen atoms in total. The van der Waals surface area contributed by atoms with Crippen LogP contribution in [0.25, 0.3) is 0 Å². The summed E-state index contributed by atoms with van der Waals surface area (Å²) in [5.41, 5.74) is 2.31. The van der Waals surface area contributed by atoms with Crippen molar-refractivity contribution >= 4 is 5.97 Å². The number of carboxylic acids is 1. The second kappa shape index (κ2) is 8.09. The first kappa shape index (κ1) is 17.4. The zero-order valence-corrected chi connectivity index (χ0v) is 13.9. The monoisotopic (exact) mass is 342 g/mol. The third-order valence-electron chi connectivity index (χ3n) is 4.42. The Kier molecular flexibility index (Phi) is 5.63. The van der Waals surface area contributed by atoms with Crippen LogP contribution < -0.4 is 4.74 Å². The Balaban J connectivity index is 1.52. The van der Waals surface area contributed by atoms with Crippen LogP contribution in [0, 0.1) is 5.92 Å². The van der Waals surface area contributed by atoms with Crippen molar-refractivity contribution in [2.75, 3.05) is 19.7 Å². The molecule has 0 saturated carbocycles. The van der Waals surface area contributed by atoms with Crippen LogP contribution in [-0.2, 0) is 17.8 Å². The zero-order chi connectivity index (χ0) is 17.6. The van der Waals surface area contributed by atoms with Gasteiger partial charge in [0.15, 0.2) is 6.61 Å².